The van der Waals surface area contributed by atoms with E-state index in [4.69, 9.17) is 21.5 Å². The lowest BCUT2D eigenvalue weighted by molar-refractivity contribution is -0.125. The molecule has 3 N–H and O–H groups in total. The number of primary sulfonamides is 1. The molecule has 1 aromatic carbocycles. The van der Waals surface area contributed by atoms with Crippen molar-refractivity contribution in [1.82, 2.24) is 5.32 Å². The van der Waals surface area contributed by atoms with Gasteiger partial charge in [-0.25, -0.2) is 18.4 Å². The number of nitrogens with two attached hydrogens (primary N) is 1. The normalized spacial score (nSPS) is 12.8. The fraction of sp³-hybridized carbons (Fsp3) is 0.429. The summed E-state index contributed by atoms with van der Waals surface area (Å²) in [5.41, 5.74) is -0.0665. The SMILES string of the molecule is CC(C)[C@@H](C)NC(=O)COC(=O)c1ccc(Cl)c(S(N)(=O)=O)c1. The summed E-state index contributed by atoms with van der Waals surface area (Å²) in [6, 6.07) is 3.45. The molecule has 0 unspecified atom stereocenters. The molecular formula is C14H19ClN2O5S. The second-order valence-electron chi connectivity index (χ2n) is 5.37. The average Bonchev–Trinajstić information content (AvgIpc) is 2.43. The molecule has 1 rings (SSSR count). The maximum Gasteiger partial charge on any atom is 0.338 e. The second kappa shape index (κ2) is 7.76. The Labute approximate surface area is 140 Å². The van der Waals surface area contributed by atoms with Crippen molar-refractivity contribution < 1.29 is 22.7 Å². The lowest BCUT2D eigenvalue weighted by atomic mass is 10.1. The van der Waals surface area contributed by atoms with Crippen LogP contribution in [0.5, 0.6) is 0 Å². The van der Waals surface area contributed by atoms with E-state index >= 15 is 0 Å². The third-order valence-electron chi connectivity index (χ3n) is 3.20. The Morgan fingerprint density at radius 1 is 1.30 bits per heavy atom. The van der Waals surface area contributed by atoms with Crippen molar-refractivity contribution in [3.05, 3.63) is 28.8 Å². The summed E-state index contributed by atoms with van der Waals surface area (Å²) in [7, 11) is -4.07. The maximum atomic E-state index is 11.9. The summed E-state index contributed by atoms with van der Waals surface area (Å²) >= 11 is 5.72. The van der Waals surface area contributed by atoms with Crippen molar-refractivity contribution in [1.29, 1.82) is 0 Å². The van der Waals surface area contributed by atoms with Crippen molar-refractivity contribution in [3.63, 3.8) is 0 Å². The molecule has 0 spiro atoms. The number of ether oxygens (including phenoxy) is 1. The van der Waals surface area contributed by atoms with Crippen LogP contribution in [0.4, 0.5) is 0 Å². The summed E-state index contributed by atoms with van der Waals surface area (Å²) in [6.07, 6.45) is 0. The number of carbonyl (C=O) groups is 2. The van der Waals surface area contributed by atoms with E-state index in [2.05, 4.69) is 5.32 Å². The lowest BCUT2D eigenvalue weighted by Gasteiger charge is -2.17. The minimum Gasteiger partial charge on any atom is -0.452 e. The molecule has 23 heavy (non-hydrogen) atoms. The molecule has 9 heteroatoms. The number of rotatable bonds is 6. The van der Waals surface area contributed by atoms with Crippen molar-refractivity contribution in [3.8, 4) is 0 Å². The number of esters is 1. The summed E-state index contributed by atoms with van der Waals surface area (Å²) < 4.78 is 27.6. The summed E-state index contributed by atoms with van der Waals surface area (Å²) in [5.74, 6) is -1.05. The fourth-order valence-electron chi connectivity index (χ4n) is 1.53. The summed E-state index contributed by atoms with van der Waals surface area (Å²) in [6.45, 7) is 5.25. The lowest BCUT2D eigenvalue weighted by Crippen LogP contribution is -2.38. The Morgan fingerprint density at radius 2 is 1.91 bits per heavy atom. The fourth-order valence-corrected chi connectivity index (χ4v) is 2.60. The van der Waals surface area contributed by atoms with Crippen LogP contribution in [0.15, 0.2) is 23.1 Å². The van der Waals surface area contributed by atoms with E-state index in [1.807, 2.05) is 20.8 Å². The highest BCUT2D eigenvalue weighted by atomic mass is 35.5. The highest BCUT2D eigenvalue weighted by Gasteiger charge is 2.18. The van der Waals surface area contributed by atoms with Gasteiger partial charge in [-0.1, -0.05) is 25.4 Å². The van der Waals surface area contributed by atoms with Crippen LogP contribution >= 0.6 is 11.6 Å². The molecule has 0 heterocycles. The molecule has 128 valence electrons. The van der Waals surface area contributed by atoms with Gasteiger partial charge in [0.05, 0.1) is 10.6 Å². The van der Waals surface area contributed by atoms with E-state index in [0.717, 1.165) is 6.07 Å². The largest absolute Gasteiger partial charge is 0.452 e. The Hall–Kier alpha value is -1.64. The Morgan fingerprint density at radius 3 is 2.43 bits per heavy atom. The van der Waals surface area contributed by atoms with Gasteiger partial charge < -0.3 is 10.1 Å². The molecule has 0 fully saturated rings. The van der Waals surface area contributed by atoms with Gasteiger partial charge in [0.2, 0.25) is 10.0 Å². The highest BCUT2D eigenvalue weighted by molar-refractivity contribution is 7.89. The van der Waals surface area contributed by atoms with Crippen LogP contribution in [0.25, 0.3) is 0 Å². The maximum absolute atomic E-state index is 11.9. The minimum atomic E-state index is -4.07. The van der Waals surface area contributed by atoms with Crippen molar-refractivity contribution in [2.45, 2.75) is 31.7 Å². The van der Waals surface area contributed by atoms with Crippen LogP contribution in [0.2, 0.25) is 5.02 Å². The zero-order valence-electron chi connectivity index (χ0n) is 13.0. The van der Waals surface area contributed by atoms with Crippen molar-refractivity contribution in [2.75, 3.05) is 6.61 Å². The smallest absolute Gasteiger partial charge is 0.338 e. The van der Waals surface area contributed by atoms with E-state index in [1.165, 1.54) is 12.1 Å². The molecule has 7 nitrogen and oxygen atoms in total. The molecule has 0 aliphatic heterocycles. The van der Waals surface area contributed by atoms with Crippen LogP contribution in [0, 0.1) is 5.92 Å². The van der Waals surface area contributed by atoms with Gasteiger partial charge in [-0.15, -0.1) is 0 Å². The number of sulfonamides is 1. The molecule has 0 aromatic heterocycles. The van der Waals surface area contributed by atoms with Crippen LogP contribution in [0.1, 0.15) is 31.1 Å². The number of halogens is 1. The molecule has 0 saturated carbocycles. The first-order valence-corrected chi connectivity index (χ1v) is 8.73. The molecule has 0 bridgehead atoms. The van der Waals surface area contributed by atoms with E-state index in [9.17, 15) is 18.0 Å². The van der Waals surface area contributed by atoms with Gasteiger partial charge in [0.1, 0.15) is 4.90 Å². The molecule has 1 atom stereocenters. The van der Waals surface area contributed by atoms with E-state index in [-0.39, 0.29) is 27.4 Å². The third kappa shape index (κ3) is 5.81. The zero-order chi connectivity index (χ0) is 17.8. The number of nitrogens with one attached hydrogen (secondary N) is 1. The van der Waals surface area contributed by atoms with Crippen LogP contribution in [-0.2, 0) is 19.6 Å². The Balaban J connectivity index is 2.75. The first-order valence-electron chi connectivity index (χ1n) is 6.81. The first kappa shape index (κ1) is 19.4. The molecule has 1 aromatic rings. The Bertz CT molecular complexity index is 703. The molecule has 0 aliphatic carbocycles. The van der Waals surface area contributed by atoms with Crippen LogP contribution in [0.3, 0.4) is 0 Å². The monoisotopic (exact) mass is 362 g/mol. The van der Waals surface area contributed by atoms with Crippen LogP contribution in [-0.4, -0.2) is 32.9 Å². The molecular weight excluding hydrogens is 344 g/mol. The first-order chi connectivity index (χ1) is 10.5. The van der Waals surface area contributed by atoms with Crippen molar-refractivity contribution in [2.24, 2.45) is 11.1 Å². The third-order valence-corrected chi connectivity index (χ3v) is 4.59. The number of amides is 1. The number of hydrogen-bond donors (Lipinski definition) is 2. The second-order valence-corrected chi connectivity index (χ2v) is 7.30. The summed E-state index contributed by atoms with van der Waals surface area (Å²) in [4.78, 5) is 23.1. The van der Waals surface area contributed by atoms with Gasteiger partial charge in [-0.2, -0.15) is 0 Å². The van der Waals surface area contributed by atoms with Gasteiger partial charge in [-0.05, 0) is 31.0 Å². The Kier molecular flexibility index (Phi) is 6.55. The van der Waals surface area contributed by atoms with Gasteiger partial charge in [-0.3, -0.25) is 4.79 Å². The highest BCUT2D eigenvalue weighted by Crippen LogP contribution is 2.21. The van der Waals surface area contributed by atoms with Crippen LogP contribution < -0.4 is 10.5 Å². The summed E-state index contributed by atoms with van der Waals surface area (Å²) in [5, 5.41) is 7.58. The van der Waals surface area contributed by atoms with Gasteiger partial charge in [0, 0.05) is 6.04 Å². The quantitative estimate of drug-likeness (QED) is 0.740. The van der Waals surface area contributed by atoms with E-state index in [1.54, 1.807) is 0 Å². The topological polar surface area (TPSA) is 116 Å². The number of hydrogen-bond acceptors (Lipinski definition) is 5. The molecule has 0 radical (unpaired) electrons. The number of carbonyl (C=O) groups excluding carboxylic acids is 2. The predicted octanol–water partition coefficient (Wildman–Crippen LogP) is 1.30. The van der Waals surface area contributed by atoms with Gasteiger partial charge in [0.15, 0.2) is 6.61 Å². The zero-order valence-corrected chi connectivity index (χ0v) is 14.6. The van der Waals surface area contributed by atoms with Gasteiger partial charge in [0.25, 0.3) is 5.91 Å². The predicted molar refractivity (Wildman–Crippen MR) is 85.6 cm³/mol. The van der Waals surface area contributed by atoms with E-state index < -0.39 is 28.5 Å². The standard InChI is InChI=1S/C14H19ClN2O5S/c1-8(2)9(3)17-13(18)7-22-14(19)10-4-5-11(15)12(6-10)23(16,20)21/h4-6,8-9H,7H2,1-3H3,(H,17,18)(H2,16,20,21)/t9-/m1/s1. The molecule has 0 saturated heterocycles. The average molecular weight is 363 g/mol. The molecule has 1 amide bonds. The minimum absolute atomic E-state index is 0.0641. The number of benzene rings is 1. The van der Waals surface area contributed by atoms with Crippen molar-refractivity contribution >= 4 is 33.5 Å². The van der Waals surface area contributed by atoms with Gasteiger partial charge >= 0.3 is 5.97 Å². The van der Waals surface area contributed by atoms with E-state index in [0.29, 0.717) is 0 Å². The molecule has 0 aliphatic rings.